The number of carbonyl (C=O) groups excluding carboxylic acids is 1. The van der Waals surface area contributed by atoms with Crippen molar-refractivity contribution in [2.75, 3.05) is 13.1 Å². The van der Waals surface area contributed by atoms with Crippen molar-refractivity contribution in [3.63, 3.8) is 0 Å². The second-order valence-corrected chi connectivity index (χ2v) is 7.36. The quantitative estimate of drug-likeness (QED) is 0.866. The summed E-state index contributed by atoms with van der Waals surface area (Å²) in [7, 11) is 0. The first kappa shape index (κ1) is 18.0. The maximum Gasteiger partial charge on any atom is 0.253 e. The molecular weight excluding hydrogens is 332 g/mol. The van der Waals surface area contributed by atoms with Crippen LogP contribution in [-0.4, -0.2) is 25.0 Å². The number of halogens is 1. The molecule has 0 aliphatic carbocycles. The fourth-order valence-electron chi connectivity index (χ4n) is 3.84. The van der Waals surface area contributed by atoms with Gasteiger partial charge in [0.25, 0.3) is 5.91 Å². The number of piperidine rings is 1. The number of benzene rings is 2. The van der Waals surface area contributed by atoms with Gasteiger partial charge in [0.05, 0.1) is 10.6 Å². The lowest BCUT2D eigenvalue weighted by Gasteiger charge is -2.43. The zero-order chi connectivity index (χ0) is 17.9. The Morgan fingerprint density at radius 1 is 1.16 bits per heavy atom. The van der Waals surface area contributed by atoms with Gasteiger partial charge in [-0.25, -0.2) is 0 Å². The number of carbonyl (C=O) groups is 1. The summed E-state index contributed by atoms with van der Waals surface area (Å²) in [6, 6.07) is 16.1. The van der Waals surface area contributed by atoms with Crippen LogP contribution in [0.15, 0.2) is 48.5 Å². The van der Waals surface area contributed by atoms with Crippen molar-refractivity contribution in [3.8, 4) is 0 Å². The standard InChI is InChI=1S/C21H25ClN2O/c1-15-8-9-19(22)18(14-15)20(25)24-16(2)21(10-12-23-13-11-21)17-6-4-3-5-7-17/h3-9,14,16,23H,10-13H2,1-2H3,(H,24,25). The number of amides is 1. The van der Waals surface area contributed by atoms with E-state index in [9.17, 15) is 4.79 Å². The van der Waals surface area contributed by atoms with Crippen molar-refractivity contribution in [1.82, 2.24) is 10.6 Å². The van der Waals surface area contributed by atoms with Crippen LogP contribution in [-0.2, 0) is 5.41 Å². The predicted molar refractivity (Wildman–Crippen MR) is 103 cm³/mol. The first-order valence-corrected chi connectivity index (χ1v) is 9.24. The summed E-state index contributed by atoms with van der Waals surface area (Å²) in [6.07, 6.45) is 2.00. The normalized spacial score (nSPS) is 17.7. The highest BCUT2D eigenvalue weighted by atomic mass is 35.5. The third-order valence-corrected chi connectivity index (χ3v) is 5.72. The molecule has 0 bridgehead atoms. The topological polar surface area (TPSA) is 41.1 Å². The smallest absolute Gasteiger partial charge is 0.253 e. The van der Waals surface area contributed by atoms with Crippen molar-refractivity contribution in [1.29, 1.82) is 0 Å². The molecule has 2 aromatic carbocycles. The molecule has 0 aromatic heterocycles. The SMILES string of the molecule is Cc1ccc(Cl)c(C(=O)NC(C)C2(c3ccccc3)CCNCC2)c1. The molecule has 132 valence electrons. The molecule has 3 rings (SSSR count). The Morgan fingerprint density at radius 2 is 1.84 bits per heavy atom. The minimum absolute atomic E-state index is 0.0149. The van der Waals surface area contributed by atoms with Gasteiger partial charge in [0.2, 0.25) is 0 Å². The third kappa shape index (κ3) is 3.73. The van der Waals surface area contributed by atoms with Gasteiger partial charge in [0.15, 0.2) is 0 Å². The maximum atomic E-state index is 12.8. The molecule has 0 radical (unpaired) electrons. The molecule has 0 spiro atoms. The molecule has 1 heterocycles. The Hall–Kier alpha value is -1.84. The molecule has 4 heteroatoms. The van der Waals surface area contributed by atoms with Crippen molar-refractivity contribution < 1.29 is 4.79 Å². The molecule has 25 heavy (non-hydrogen) atoms. The monoisotopic (exact) mass is 356 g/mol. The van der Waals surface area contributed by atoms with Crippen LogP contribution in [0.1, 0.15) is 41.3 Å². The van der Waals surface area contributed by atoms with Crippen molar-refractivity contribution in [3.05, 3.63) is 70.2 Å². The molecule has 1 atom stereocenters. The molecule has 1 amide bonds. The Kier molecular flexibility index (Phi) is 5.45. The van der Waals surface area contributed by atoms with Gasteiger partial charge in [0, 0.05) is 11.5 Å². The number of aryl methyl sites for hydroxylation is 1. The van der Waals surface area contributed by atoms with Crippen LogP contribution >= 0.6 is 11.6 Å². The average Bonchev–Trinajstić information content (AvgIpc) is 2.64. The van der Waals surface area contributed by atoms with E-state index in [0.717, 1.165) is 31.5 Å². The summed E-state index contributed by atoms with van der Waals surface area (Å²) in [5.74, 6) is -0.102. The van der Waals surface area contributed by atoms with Gasteiger partial charge >= 0.3 is 0 Å². The van der Waals surface area contributed by atoms with Gasteiger partial charge in [-0.1, -0.05) is 53.6 Å². The third-order valence-electron chi connectivity index (χ3n) is 5.39. The van der Waals surface area contributed by atoms with E-state index < -0.39 is 0 Å². The van der Waals surface area contributed by atoms with E-state index in [1.54, 1.807) is 6.07 Å². The van der Waals surface area contributed by atoms with Crippen LogP contribution in [0, 0.1) is 6.92 Å². The van der Waals surface area contributed by atoms with Crippen LogP contribution < -0.4 is 10.6 Å². The van der Waals surface area contributed by atoms with Gasteiger partial charge in [-0.2, -0.15) is 0 Å². The molecule has 1 aliphatic rings. The summed E-state index contributed by atoms with van der Waals surface area (Å²) in [5, 5.41) is 7.15. The predicted octanol–water partition coefficient (Wildman–Crippen LogP) is 4.09. The van der Waals surface area contributed by atoms with Crippen molar-refractivity contribution in [2.45, 2.75) is 38.1 Å². The Labute approximate surface area is 154 Å². The van der Waals surface area contributed by atoms with E-state index in [1.807, 2.05) is 25.1 Å². The molecule has 1 aliphatic heterocycles. The molecule has 1 fully saturated rings. The van der Waals surface area contributed by atoms with Gasteiger partial charge in [-0.05, 0) is 57.5 Å². The van der Waals surface area contributed by atoms with E-state index >= 15 is 0 Å². The zero-order valence-electron chi connectivity index (χ0n) is 14.8. The number of rotatable bonds is 4. The lowest BCUT2D eigenvalue weighted by molar-refractivity contribution is 0.0906. The molecule has 2 N–H and O–H groups in total. The maximum absolute atomic E-state index is 12.8. The fraction of sp³-hybridized carbons (Fsp3) is 0.381. The number of hydrogen-bond acceptors (Lipinski definition) is 2. The van der Waals surface area contributed by atoms with E-state index in [-0.39, 0.29) is 17.4 Å². The highest BCUT2D eigenvalue weighted by Gasteiger charge is 2.39. The Morgan fingerprint density at radius 3 is 2.52 bits per heavy atom. The lowest BCUT2D eigenvalue weighted by atomic mass is 9.68. The number of hydrogen-bond donors (Lipinski definition) is 2. The highest BCUT2D eigenvalue weighted by molar-refractivity contribution is 6.33. The fourth-order valence-corrected chi connectivity index (χ4v) is 4.04. The van der Waals surface area contributed by atoms with Gasteiger partial charge in [-0.15, -0.1) is 0 Å². The second kappa shape index (κ2) is 7.59. The van der Waals surface area contributed by atoms with Crippen molar-refractivity contribution in [2.24, 2.45) is 0 Å². The van der Waals surface area contributed by atoms with Crippen LogP contribution in [0.4, 0.5) is 0 Å². The van der Waals surface area contributed by atoms with Gasteiger partial charge in [0.1, 0.15) is 0 Å². The first-order chi connectivity index (χ1) is 12.0. The van der Waals surface area contributed by atoms with E-state index in [2.05, 4.69) is 41.8 Å². The summed E-state index contributed by atoms with van der Waals surface area (Å²) in [4.78, 5) is 12.8. The molecule has 3 nitrogen and oxygen atoms in total. The first-order valence-electron chi connectivity index (χ1n) is 8.86. The average molecular weight is 357 g/mol. The van der Waals surface area contributed by atoms with Crippen LogP contribution in [0.3, 0.4) is 0 Å². The molecule has 1 saturated heterocycles. The highest BCUT2D eigenvalue weighted by Crippen LogP contribution is 2.37. The second-order valence-electron chi connectivity index (χ2n) is 6.95. The van der Waals surface area contributed by atoms with E-state index in [1.165, 1.54) is 5.56 Å². The molecule has 2 aromatic rings. The molecule has 1 unspecified atom stereocenters. The zero-order valence-corrected chi connectivity index (χ0v) is 15.6. The Balaban J connectivity index is 1.87. The molecular formula is C21H25ClN2O. The largest absolute Gasteiger partial charge is 0.349 e. The Bertz CT molecular complexity index is 739. The summed E-state index contributed by atoms with van der Waals surface area (Å²) in [6.45, 7) is 6.00. The minimum atomic E-state index is -0.102. The minimum Gasteiger partial charge on any atom is -0.349 e. The molecule has 0 saturated carbocycles. The summed E-state index contributed by atoms with van der Waals surface area (Å²) >= 11 is 6.24. The van der Waals surface area contributed by atoms with Crippen LogP contribution in [0.5, 0.6) is 0 Å². The van der Waals surface area contributed by atoms with Gasteiger partial charge in [-0.3, -0.25) is 4.79 Å². The van der Waals surface area contributed by atoms with Crippen molar-refractivity contribution >= 4 is 17.5 Å². The summed E-state index contributed by atoms with van der Waals surface area (Å²) < 4.78 is 0. The van der Waals surface area contributed by atoms with Crippen LogP contribution in [0.2, 0.25) is 5.02 Å². The van der Waals surface area contributed by atoms with E-state index in [4.69, 9.17) is 11.6 Å². The van der Waals surface area contributed by atoms with Crippen LogP contribution in [0.25, 0.3) is 0 Å². The van der Waals surface area contributed by atoms with Gasteiger partial charge < -0.3 is 10.6 Å². The summed E-state index contributed by atoms with van der Waals surface area (Å²) in [5.41, 5.74) is 2.81. The number of nitrogens with one attached hydrogen (secondary N) is 2. The van der Waals surface area contributed by atoms with E-state index in [0.29, 0.717) is 10.6 Å². The lowest BCUT2D eigenvalue weighted by Crippen LogP contribution is -2.53.